The molecule has 1 amide bonds. The number of amides is 1. The van der Waals surface area contributed by atoms with Crippen molar-refractivity contribution in [3.63, 3.8) is 0 Å². The summed E-state index contributed by atoms with van der Waals surface area (Å²) in [4.78, 5) is 28.1. The van der Waals surface area contributed by atoms with Crippen molar-refractivity contribution >= 4 is 45.6 Å². The van der Waals surface area contributed by atoms with E-state index < -0.39 is 5.97 Å². The molecule has 2 aromatic heterocycles. The number of nitrogens with zero attached hydrogens (tertiary/aromatic N) is 1. The van der Waals surface area contributed by atoms with E-state index >= 15 is 0 Å². The van der Waals surface area contributed by atoms with Crippen molar-refractivity contribution in [3.8, 4) is 5.75 Å². The van der Waals surface area contributed by atoms with E-state index in [0.717, 1.165) is 22.0 Å². The van der Waals surface area contributed by atoms with Gasteiger partial charge in [-0.3, -0.25) is 4.79 Å². The van der Waals surface area contributed by atoms with Crippen LogP contribution in [-0.2, 0) is 16.1 Å². The molecule has 0 unspecified atom stereocenters. The van der Waals surface area contributed by atoms with Crippen LogP contribution in [0.2, 0.25) is 0 Å². The Balaban J connectivity index is 1.54. The summed E-state index contributed by atoms with van der Waals surface area (Å²) in [6.45, 7) is 2.38. The molecule has 0 bridgehead atoms. The molecule has 0 saturated carbocycles. The van der Waals surface area contributed by atoms with Crippen LogP contribution in [-0.4, -0.2) is 24.0 Å². The van der Waals surface area contributed by atoms with Gasteiger partial charge in [0, 0.05) is 11.5 Å². The number of esters is 1. The molecule has 0 fully saturated rings. The Hall–Kier alpha value is -2.97. The van der Waals surface area contributed by atoms with Gasteiger partial charge >= 0.3 is 5.97 Å². The number of aromatic nitrogens is 1. The lowest BCUT2D eigenvalue weighted by atomic mass is 10.2. The van der Waals surface area contributed by atoms with Gasteiger partial charge in [-0.15, -0.1) is 22.7 Å². The molecule has 0 aliphatic carbocycles. The van der Waals surface area contributed by atoms with Gasteiger partial charge < -0.3 is 14.8 Å². The number of hydrogen-bond acceptors (Lipinski definition) is 7. The number of thiophene rings is 1. The maximum Gasteiger partial charge on any atom is 0.340 e. The summed E-state index contributed by atoms with van der Waals surface area (Å²) in [5, 5.41) is 7.86. The number of thiazole rings is 1. The zero-order chi connectivity index (χ0) is 19.9. The fourth-order valence-electron chi connectivity index (χ4n) is 2.31. The number of carbonyl (C=O) groups is 2. The summed E-state index contributed by atoms with van der Waals surface area (Å²) in [6, 6.07) is 9.01. The van der Waals surface area contributed by atoms with E-state index in [2.05, 4.69) is 15.0 Å². The second-order valence-electron chi connectivity index (χ2n) is 5.69. The summed E-state index contributed by atoms with van der Waals surface area (Å²) < 4.78 is 10.4. The molecule has 0 radical (unpaired) electrons. The minimum atomic E-state index is -0.482. The summed E-state index contributed by atoms with van der Waals surface area (Å²) in [5.41, 5.74) is 2.10. The van der Waals surface area contributed by atoms with Gasteiger partial charge in [0.25, 0.3) is 0 Å². The third kappa shape index (κ3) is 5.28. The van der Waals surface area contributed by atoms with Crippen molar-refractivity contribution in [1.29, 1.82) is 0 Å². The van der Waals surface area contributed by atoms with Gasteiger partial charge in [0.05, 0.1) is 23.4 Å². The molecule has 6 nitrogen and oxygen atoms in total. The van der Waals surface area contributed by atoms with Gasteiger partial charge in [0.2, 0.25) is 5.91 Å². The average Bonchev–Trinajstić information content (AvgIpc) is 3.33. The molecule has 8 heteroatoms. The molecule has 0 spiro atoms. The Morgan fingerprint density at radius 1 is 1.18 bits per heavy atom. The quantitative estimate of drug-likeness (QED) is 0.454. The normalized spacial score (nSPS) is 10.8. The second kappa shape index (κ2) is 9.29. The van der Waals surface area contributed by atoms with Crippen LogP contribution in [0.15, 0.2) is 47.2 Å². The van der Waals surface area contributed by atoms with Gasteiger partial charge in [-0.05, 0) is 42.1 Å². The van der Waals surface area contributed by atoms with E-state index in [1.54, 1.807) is 28.9 Å². The topological polar surface area (TPSA) is 77.5 Å². The summed E-state index contributed by atoms with van der Waals surface area (Å²) in [5.74, 6) is -0.0793. The molecule has 0 saturated heterocycles. The molecule has 3 rings (SSSR count). The first-order chi connectivity index (χ1) is 13.5. The number of rotatable bonds is 7. The summed E-state index contributed by atoms with van der Waals surface area (Å²) in [6.07, 6.45) is 3.10. The van der Waals surface area contributed by atoms with Gasteiger partial charge in [0.15, 0.2) is 0 Å². The highest BCUT2D eigenvalue weighted by atomic mass is 32.1. The first kappa shape index (κ1) is 19.8. The average molecular weight is 415 g/mol. The van der Waals surface area contributed by atoms with Crippen molar-refractivity contribution in [2.45, 2.75) is 13.5 Å². The van der Waals surface area contributed by atoms with E-state index in [1.165, 1.54) is 24.5 Å². The van der Waals surface area contributed by atoms with E-state index in [9.17, 15) is 9.59 Å². The molecule has 0 aliphatic heterocycles. The summed E-state index contributed by atoms with van der Waals surface area (Å²) in [7, 11) is 1.30. The van der Waals surface area contributed by atoms with Crippen molar-refractivity contribution in [1.82, 2.24) is 4.98 Å². The minimum Gasteiger partial charge on any atom is -0.487 e. The predicted molar refractivity (Wildman–Crippen MR) is 111 cm³/mol. The molecule has 3 aromatic rings. The first-order valence-electron chi connectivity index (χ1n) is 8.34. The van der Waals surface area contributed by atoms with Crippen LogP contribution in [0.1, 0.15) is 26.6 Å². The third-order valence-corrected chi connectivity index (χ3v) is 5.32. The standard InChI is InChI=1S/C20H18N2O4S2/c1-13-21-15(12-28-13)11-26-16-6-3-14(4-7-16)5-8-18(23)22-19-17(9-10-27-19)20(24)25-2/h3-10,12H,11H2,1-2H3,(H,22,23)/b8-5+. The molecule has 144 valence electrons. The van der Waals surface area contributed by atoms with Crippen molar-refractivity contribution in [2.24, 2.45) is 0 Å². The zero-order valence-electron chi connectivity index (χ0n) is 15.3. The Kier molecular flexibility index (Phi) is 6.57. The number of benzene rings is 1. The van der Waals surface area contributed by atoms with Crippen LogP contribution in [0.5, 0.6) is 5.75 Å². The molecular weight excluding hydrogens is 396 g/mol. The lowest BCUT2D eigenvalue weighted by Gasteiger charge is -2.04. The highest BCUT2D eigenvalue weighted by Crippen LogP contribution is 2.24. The lowest BCUT2D eigenvalue weighted by Crippen LogP contribution is -2.10. The highest BCUT2D eigenvalue weighted by molar-refractivity contribution is 7.14. The maximum absolute atomic E-state index is 12.1. The van der Waals surface area contributed by atoms with Gasteiger partial charge in [-0.2, -0.15) is 0 Å². The number of aryl methyl sites for hydroxylation is 1. The van der Waals surface area contributed by atoms with Gasteiger partial charge in [-0.1, -0.05) is 12.1 Å². The highest BCUT2D eigenvalue weighted by Gasteiger charge is 2.14. The maximum atomic E-state index is 12.1. The minimum absolute atomic E-state index is 0.327. The monoisotopic (exact) mass is 414 g/mol. The molecule has 0 atom stereocenters. The van der Waals surface area contributed by atoms with Crippen LogP contribution in [0, 0.1) is 6.92 Å². The molecular formula is C20H18N2O4S2. The van der Waals surface area contributed by atoms with Crippen LogP contribution in [0.3, 0.4) is 0 Å². The summed E-state index contributed by atoms with van der Waals surface area (Å²) >= 11 is 2.86. The molecule has 2 heterocycles. The van der Waals surface area contributed by atoms with E-state index in [4.69, 9.17) is 4.74 Å². The number of methoxy groups -OCH3 is 1. The van der Waals surface area contributed by atoms with Crippen molar-refractivity contribution < 1.29 is 19.1 Å². The fraction of sp³-hybridized carbons (Fsp3) is 0.150. The number of nitrogens with one attached hydrogen (secondary N) is 1. The molecule has 0 aliphatic rings. The first-order valence-corrected chi connectivity index (χ1v) is 10.1. The molecule has 1 N–H and O–H groups in total. The Morgan fingerprint density at radius 2 is 1.96 bits per heavy atom. The van der Waals surface area contributed by atoms with Crippen LogP contribution < -0.4 is 10.1 Å². The van der Waals surface area contributed by atoms with Gasteiger partial charge in [0.1, 0.15) is 17.4 Å². The smallest absolute Gasteiger partial charge is 0.340 e. The van der Waals surface area contributed by atoms with Crippen LogP contribution in [0.25, 0.3) is 6.08 Å². The molecule has 1 aromatic carbocycles. The van der Waals surface area contributed by atoms with Gasteiger partial charge in [-0.25, -0.2) is 9.78 Å². The number of carbonyl (C=O) groups excluding carboxylic acids is 2. The zero-order valence-corrected chi connectivity index (χ0v) is 16.9. The van der Waals surface area contributed by atoms with E-state index in [0.29, 0.717) is 17.2 Å². The SMILES string of the molecule is COC(=O)c1ccsc1NC(=O)/C=C/c1ccc(OCc2csc(C)n2)cc1. The second-order valence-corrected chi connectivity index (χ2v) is 7.67. The number of ether oxygens (including phenoxy) is 2. The largest absolute Gasteiger partial charge is 0.487 e. The third-order valence-electron chi connectivity index (χ3n) is 3.67. The number of anilines is 1. The Labute approximate surface area is 170 Å². The van der Waals surface area contributed by atoms with Crippen molar-refractivity contribution in [2.75, 3.05) is 12.4 Å². The fourth-order valence-corrected chi connectivity index (χ4v) is 3.68. The van der Waals surface area contributed by atoms with Crippen molar-refractivity contribution in [3.05, 3.63) is 69.0 Å². The van der Waals surface area contributed by atoms with Crippen LogP contribution in [0.4, 0.5) is 5.00 Å². The van der Waals surface area contributed by atoms with Crippen LogP contribution >= 0.6 is 22.7 Å². The number of hydrogen-bond donors (Lipinski definition) is 1. The Morgan fingerprint density at radius 3 is 2.64 bits per heavy atom. The Bertz CT molecular complexity index is 990. The predicted octanol–water partition coefficient (Wildman–Crippen LogP) is 4.53. The lowest BCUT2D eigenvalue weighted by molar-refractivity contribution is -0.111. The molecule has 28 heavy (non-hydrogen) atoms. The van der Waals surface area contributed by atoms with E-state index in [-0.39, 0.29) is 5.91 Å². The van der Waals surface area contributed by atoms with E-state index in [1.807, 2.05) is 36.6 Å².